The molecule has 0 bridgehead atoms. The number of pyridine rings is 1. The average Bonchev–Trinajstić information content (AvgIpc) is 2.38. The first-order valence-corrected chi connectivity index (χ1v) is 8.01. The first kappa shape index (κ1) is 14.0. The zero-order chi connectivity index (χ0) is 13.7. The van der Waals surface area contributed by atoms with Crippen molar-refractivity contribution in [3.8, 4) is 0 Å². The van der Waals surface area contributed by atoms with Crippen LogP contribution in [0, 0.1) is 0 Å². The van der Waals surface area contributed by atoms with Crippen LogP contribution in [-0.2, 0) is 17.3 Å². The molecular weight excluding hydrogens is 260 g/mol. The van der Waals surface area contributed by atoms with Gasteiger partial charge in [0, 0.05) is 40.4 Å². The minimum absolute atomic E-state index is 0.0507. The third kappa shape index (κ3) is 4.01. The maximum atomic E-state index is 11.9. The Morgan fingerprint density at radius 3 is 2.89 bits per heavy atom. The molecule has 0 aliphatic heterocycles. The normalized spacial score (nSPS) is 12.7. The Morgan fingerprint density at radius 2 is 2.11 bits per heavy atom. The molecule has 0 saturated heterocycles. The van der Waals surface area contributed by atoms with Gasteiger partial charge < -0.3 is 10.3 Å². The summed E-state index contributed by atoms with van der Waals surface area (Å²) in [5.74, 6) is 0.696. The molecule has 0 amide bonds. The molecule has 5 heteroatoms. The molecule has 2 N–H and O–H groups in total. The van der Waals surface area contributed by atoms with E-state index >= 15 is 0 Å². The van der Waals surface area contributed by atoms with E-state index in [0.29, 0.717) is 12.3 Å². The summed E-state index contributed by atoms with van der Waals surface area (Å²) in [7, 11) is -0.744. The summed E-state index contributed by atoms with van der Waals surface area (Å²) in [5, 5.41) is 4.24. The fourth-order valence-corrected chi connectivity index (χ4v) is 2.50. The lowest BCUT2D eigenvalue weighted by atomic mass is 10.1. The number of nitrogens with one attached hydrogen (secondary N) is 2. The molecule has 1 aromatic heterocycles. The molecule has 1 unspecified atom stereocenters. The third-order valence-electron chi connectivity index (χ3n) is 2.93. The van der Waals surface area contributed by atoms with Crippen LogP contribution in [0.25, 0.3) is 10.9 Å². The topological polar surface area (TPSA) is 62.0 Å². The molecule has 0 aliphatic rings. The number of benzene rings is 1. The summed E-state index contributed by atoms with van der Waals surface area (Å²) in [6.45, 7) is 1.31. The monoisotopic (exact) mass is 278 g/mol. The minimum Gasteiger partial charge on any atom is -0.322 e. The van der Waals surface area contributed by atoms with Gasteiger partial charge in [-0.05, 0) is 30.5 Å². The average molecular weight is 278 g/mol. The summed E-state index contributed by atoms with van der Waals surface area (Å²) in [5.41, 5.74) is 1.54. The Bertz CT molecular complexity index is 637. The highest BCUT2D eigenvalue weighted by Crippen LogP contribution is 2.09. The summed E-state index contributed by atoms with van der Waals surface area (Å²) in [4.78, 5) is 14.7. The molecule has 4 nitrogen and oxygen atoms in total. The van der Waals surface area contributed by atoms with Crippen molar-refractivity contribution in [1.29, 1.82) is 0 Å². The molecule has 0 fully saturated rings. The lowest BCUT2D eigenvalue weighted by Gasteiger charge is -2.05. The van der Waals surface area contributed by atoms with Crippen molar-refractivity contribution in [3.63, 3.8) is 0 Å². The standard InChI is InChI=1S/C14H18N2O2S/c1-19(18)8-4-7-15-10-12-9-11-5-2-3-6-13(11)16-14(12)17/h2-3,5-6,9,15H,4,7-8,10H2,1H3,(H,16,17). The Hall–Kier alpha value is -1.46. The SMILES string of the molecule is CS(=O)CCCNCc1cc2ccccc2[nH]c1=O. The van der Waals surface area contributed by atoms with E-state index in [9.17, 15) is 9.00 Å². The summed E-state index contributed by atoms with van der Waals surface area (Å²) in [6, 6.07) is 9.65. The Morgan fingerprint density at radius 1 is 1.32 bits per heavy atom. The number of aromatic nitrogens is 1. The van der Waals surface area contributed by atoms with E-state index in [0.717, 1.165) is 29.4 Å². The van der Waals surface area contributed by atoms with Crippen molar-refractivity contribution < 1.29 is 4.21 Å². The van der Waals surface area contributed by atoms with Crippen molar-refractivity contribution in [2.45, 2.75) is 13.0 Å². The van der Waals surface area contributed by atoms with Gasteiger partial charge in [0.25, 0.3) is 5.56 Å². The number of hydrogen-bond acceptors (Lipinski definition) is 3. The molecule has 102 valence electrons. The molecule has 1 atom stereocenters. The summed E-state index contributed by atoms with van der Waals surface area (Å²) in [6.07, 6.45) is 2.56. The van der Waals surface area contributed by atoms with E-state index in [-0.39, 0.29) is 5.56 Å². The van der Waals surface area contributed by atoms with Crippen molar-refractivity contribution in [2.75, 3.05) is 18.6 Å². The summed E-state index contributed by atoms with van der Waals surface area (Å²) < 4.78 is 10.9. The summed E-state index contributed by atoms with van der Waals surface area (Å²) >= 11 is 0. The second-order valence-electron chi connectivity index (χ2n) is 4.52. The van der Waals surface area contributed by atoms with Crippen molar-refractivity contribution >= 4 is 21.7 Å². The Labute approximate surface area is 114 Å². The van der Waals surface area contributed by atoms with Crippen LogP contribution in [0.1, 0.15) is 12.0 Å². The van der Waals surface area contributed by atoms with Crippen molar-refractivity contribution in [1.82, 2.24) is 10.3 Å². The number of hydrogen-bond donors (Lipinski definition) is 2. The highest BCUT2D eigenvalue weighted by molar-refractivity contribution is 7.84. The Kier molecular flexibility index (Phi) is 4.87. The number of aromatic amines is 1. The van der Waals surface area contributed by atoms with Gasteiger partial charge in [-0.3, -0.25) is 9.00 Å². The molecule has 0 spiro atoms. The Balaban J connectivity index is 1.98. The second-order valence-corrected chi connectivity index (χ2v) is 6.07. The fraction of sp³-hybridized carbons (Fsp3) is 0.357. The van der Waals surface area contributed by atoms with Crippen LogP contribution < -0.4 is 10.9 Å². The van der Waals surface area contributed by atoms with E-state index in [1.54, 1.807) is 6.26 Å². The second kappa shape index (κ2) is 6.63. The zero-order valence-electron chi connectivity index (χ0n) is 10.9. The number of H-pyrrole nitrogens is 1. The third-order valence-corrected chi connectivity index (χ3v) is 3.79. The van der Waals surface area contributed by atoms with Gasteiger partial charge in [-0.25, -0.2) is 0 Å². The van der Waals surface area contributed by atoms with Gasteiger partial charge in [-0.15, -0.1) is 0 Å². The van der Waals surface area contributed by atoms with Gasteiger partial charge in [0.1, 0.15) is 0 Å². The highest BCUT2D eigenvalue weighted by atomic mass is 32.2. The largest absolute Gasteiger partial charge is 0.322 e. The zero-order valence-corrected chi connectivity index (χ0v) is 11.8. The number of para-hydroxylation sites is 1. The van der Waals surface area contributed by atoms with Gasteiger partial charge in [0.2, 0.25) is 0 Å². The van der Waals surface area contributed by atoms with Crippen LogP contribution in [-0.4, -0.2) is 27.7 Å². The first-order chi connectivity index (χ1) is 9.16. The molecular formula is C14H18N2O2S. The molecule has 0 aliphatic carbocycles. The van der Waals surface area contributed by atoms with Crippen LogP contribution in [0.2, 0.25) is 0 Å². The lowest BCUT2D eigenvalue weighted by molar-refractivity contribution is 0.660. The van der Waals surface area contributed by atoms with Crippen LogP contribution in [0.4, 0.5) is 0 Å². The van der Waals surface area contributed by atoms with E-state index in [1.807, 2.05) is 30.3 Å². The number of fused-ring (bicyclic) bond motifs is 1. The van der Waals surface area contributed by atoms with Gasteiger partial charge in [0.15, 0.2) is 0 Å². The van der Waals surface area contributed by atoms with E-state index < -0.39 is 10.8 Å². The van der Waals surface area contributed by atoms with Gasteiger partial charge in [0.05, 0.1) is 0 Å². The molecule has 2 aromatic rings. The maximum absolute atomic E-state index is 11.9. The van der Waals surface area contributed by atoms with Crippen molar-refractivity contribution in [2.24, 2.45) is 0 Å². The maximum Gasteiger partial charge on any atom is 0.252 e. The molecule has 0 saturated carbocycles. The van der Waals surface area contributed by atoms with E-state index in [2.05, 4.69) is 10.3 Å². The van der Waals surface area contributed by atoms with Crippen LogP contribution in [0.3, 0.4) is 0 Å². The number of rotatable bonds is 6. The van der Waals surface area contributed by atoms with Crippen LogP contribution in [0.15, 0.2) is 35.1 Å². The molecule has 0 radical (unpaired) electrons. The van der Waals surface area contributed by atoms with Gasteiger partial charge in [-0.2, -0.15) is 0 Å². The molecule has 1 aromatic carbocycles. The predicted octanol–water partition coefficient (Wildman–Crippen LogP) is 1.39. The van der Waals surface area contributed by atoms with Gasteiger partial charge in [-0.1, -0.05) is 18.2 Å². The van der Waals surface area contributed by atoms with E-state index in [1.165, 1.54) is 0 Å². The van der Waals surface area contributed by atoms with E-state index in [4.69, 9.17) is 0 Å². The minimum atomic E-state index is -0.744. The molecule has 2 rings (SSSR count). The highest BCUT2D eigenvalue weighted by Gasteiger charge is 2.02. The first-order valence-electron chi connectivity index (χ1n) is 6.28. The fourth-order valence-electron chi connectivity index (χ4n) is 1.95. The lowest BCUT2D eigenvalue weighted by Crippen LogP contribution is -2.22. The smallest absolute Gasteiger partial charge is 0.252 e. The van der Waals surface area contributed by atoms with Crippen molar-refractivity contribution in [3.05, 3.63) is 46.2 Å². The van der Waals surface area contributed by atoms with Crippen LogP contribution in [0.5, 0.6) is 0 Å². The van der Waals surface area contributed by atoms with Crippen LogP contribution >= 0.6 is 0 Å². The quantitative estimate of drug-likeness (QED) is 0.785. The molecule has 19 heavy (non-hydrogen) atoms. The molecule has 1 heterocycles. The van der Waals surface area contributed by atoms with Gasteiger partial charge >= 0.3 is 0 Å². The predicted molar refractivity (Wildman–Crippen MR) is 79.8 cm³/mol.